The summed E-state index contributed by atoms with van der Waals surface area (Å²) in [5.74, 6) is -0.0497. The van der Waals surface area contributed by atoms with E-state index >= 15 is 0 Å². The van der Waals surface area contributed by atoms with E-state index in [1.807, 2.05) is 0 Å². The van der Waals surface area contributed by atoms with Crippen molar-refractivity contribution in [2.24, 2.45) is 0 Å². The Morgan fingerprint density at radius 3 is 3.10 bits per heavy atom. The minimum absolute atomic E-state index is 0.0497. The van der Waals surface area contributed by atoms with Gasteiger partial charge in [0.25, 0.3) is 5.91 Å². The summed E-state index contributed by atoms with van der Waals surface area (Å²) >= 11 is 5.92. The highest BCUT2D eigenvalue weighted by atomic mass is 35.5. The largest absolute Gasteiger partial charge is 0.376 e. The van der Waals surface area contributed by atoms with E-state index in [2.05, 4.69) is 17.1 Å². The highest BCUT2D eigenvalue weighted by molar-refractivity contribution is 6.30. The molecule has 4 nitrogen and oxygen atoms in total. The molecule has 0 spiro atoms. The van der Waals surface area contributed by atoms with E-state index in [1.54, 1.807) is 24.3 Å². The van der Waals surface area contributed by atoms with Crippen LogP contribution in [0.4, 0.5) is 0 Å². The number of hydrogen-bond donors (Lipinski definition) is 1. The van der Waals surface area contributed by atoms with Crippen LogP contribution in [0.15, 0.2) is 24.3 Å². The summed E-state index contributed by atoms with van der Waals surface area (Å²) in [7, 11) is 0. The summed E-state index contributed by atoms with van der Waals surface area (Å²) in [5.41, 5.74) is 0.618. The van der Waals surface area contributed by atoms with Crippen molar-refractivity contribution < 1.29 is 9.53 Å². The number of rotatable bonds is 2. The molecule has 0 saturated carbocycles. The average Bonchev–Trinajstić information content (AvgIpc) is 2.80. The molecule has 0 unspecified atom stereocenters. The van der Waals surface area contributed by atoms with Crippen LogP contribution in [0, 0.1) is 0 Å². The molecule has 1 aromatic rings. The van der Waals surface area contributed by atoms with Gasteiger partial charge >= 0.3 is 0 Å². The molecule has 1 N–H and O–H groups in total. The van der Waals surface area contributed by atoms with Gasteiger partial charge in [-0.2, -0.15) is 0 Å². The lowest BCUT2D eigenvalue weighted by Crippen LogP contribution is -2.45. The maximum atomic E-state index is 12.2. The molecule has 0 bridgehead atoms. The predicted molar refractivity (Wildman–Crippen MR) is 78.1 cm³/mol. The monoisotopic (exact) mass is 294 g/mol. The molecule has 0 radical (unpaired) electrons. The molecule has 20 heavy (non-hydrogen) atoms. The van der Waals surface area contributed by atoms with Crippen molar-refractivity contribution in [2.75, 3.05) is 19.7 Å². The lowest BCUT2D eigenvalue weighted by molar-refractivity contribution is -0.0390. The molecule has 1 amide bonds. The van der Waals surface area contributed by atoms with Gasteiger partial charge in [0.15, 0.2) is 0 Å². The number of carbonyl (C=O) groups excluding carboxylic acids is 1. The Morgan fingerprint density at radius 2 is 2.30 bits per heavy atom. The Bertz CT molecular complexity index is 508. The van der Waals surface area contributed by atoms with Gasteiger partial charge in [-0.3, -0.25) is 9.69 Å². The minimum atomic E-state index is -0.0497. The summed E-state index contributed by atoms with van der Waals surface area (Å²) in [6.45, 7) is 4.72. The molecular formula is C15H19ClN2O2. The molecule has 2 saturated heterocycles. The molecule has 3 atom stereocenters. The number of benzene rings is 1. The summed E-state index contributed by atoms with van der Waals surface area (Å²) < 4.78 is 5.67. The Kier molecular flexibility index (Phi) is 3.96. The van der Waals surface area contributed by atoms with Crippen LogP contribution in [0.5, 0.6) is 0 Å². The van der Waals surface area contributed by atoms with Gasteiger partial charge < -0.3 is 10.1 Å². The first-order valence-corrected chi connectivity index (χ1v) is 7.41. The SMILES string of the molecule is C[C@@H]1CN2C[C@@H](NC(=O)c3cccc(Cl)c3)C[C@H]2CO1. The average molecular weight is 295 g/mol. The van der Waals surface area contributed by atoms with E-state index in [9.17, 15) is 4.79 Å². The zero-order chi connectivity index (χ0) is 14.1. The van der Waals surface area contributed by atoms with Gasteiger partial charge in [0.1, 0.15) is 0 Å². The fourth-order valence-electron chi connectivity index (χ4n) is 3.04. The molecule has 2 aliphatic heterocycles. The normalized spacial score (nSPS) is 30.0. The molecule has 108 valence electrons. The second kappa shape index (κ2) is 5.72. The summed E-state index contributed by atoms with van der Waals surface area (Å²) in [4.78, 5) is 14.6. The van der Waals surface area contributed by atoms with Crippen molar-refractivity contribution in [3.8, 4) is 0 Å². The number of fused-ring (bicyclic) bond motifs is 1. The lowest BCUT2D eigenvalue weighted by Gasteiger charge is -2.33. The third-order valence-electron chi connectivity index (χ3n) is 4.01. The quantitative estimate of drug-likeness (QED) is 0.906. The number of halogens is 1. The van der Waals surface area contributed by atoms with Gasteiger partial charge in [-0.1, -0.05) is 17.7 Å². The van der Waals surface area contributed by atoms with Crippen LogP contribution < -0.4 is 5.32 Å². The van der Waals surface area contributed by atoms with E-state index in [0.29, 0.717) is 16.6 Å². The third-order valence-corrected chi connectivity index (χ3v) is 4.25. The van der Waals surface area contributed by atoms with E-state index in [4.69, 9.17) is 16.3 Å². The van der Waals surface area contributed by atoms with Crippen molar-refractivity contribution in [1.29, 1.82) is 0 Å². The van der Waals surface area contributed by atoms with Crippen LogP contribution in [0.2, 0.25) is 5.02 Å². The Hall–Kier alpha value is -1.10. The van der Waals surface area contributed by atoms with Gasteiger partial charge in [0.2, 0.25) is 0 Å². The molecule has 1 aromatic carbocycles. The van der Waals surface area contributed by atoms with E-state index in [0.717, 1.165) is 26.1 Å². The van der Waals surface area contributed by atoms with Crippen molar-refractivity contribution >= 4 is 17.5 Å². The summed E-state index contributed by atoms with van der Waals surface area (Å²) in [6.07, 6.45) is 1.24. The van der Waals surface area contributed by atoms with E-state index in [-0.39, 0.29) is 18.1 Å². The number of ether oxygens (including phenoxy) is 1. The molecule has 0 aromatic heterocycles. The Labute approximate surface area is 124 Å². The lowest BCUT2D eigenvalue weighted by atomic mass is 10.1. The molecule has 2 aliphatic rings. The van der Waals surface area contributed by atoms with Crippen LogP contribution in [-0.4, -0.2) is 48.7 Å². The minimum Gasteiger partial charge on any atom is -0.376 e. The van der Waals surface area contributed by atoms with Gasteiger partial charge in [0, 0.05) is 35.8 Å². The maximum Gasteiger partial charge on any atom is 0.251 e. The number of morpholine rings is 1. The topological polar surface area (TPSA) is 41.6 Å². The van der Waals surface area contributed by atoms with Crippen molar-refractivity contribution in [2.45, 2.75) is 31.5 Å². The van der Waals surface area contributed by atoms with Crippen LogP contribution >= 0.6 is 11.6 Å². The molecule has 2 fully saturated rings. The predicted octanol–water partition coefficient (Wildman–Crippen LogP) is 1.93. The second-order valence-electron chi connectivity index (χ2n) is 5.67. The fourth-order valence-corrected chi connectivity index (χ4v) is 3.23. The number of amides is 1. The third kappa shape index (κ3) is 2.97. The standard InChI is InChI=1S/C15H19ClN2O2/c1-10-7-18-8-13(6-14(18)9-20-10)17-15(19)11-3-2-4-12(16)5-11/h2-5,10,13-14H,6-9H2,1H3,(H,17,19)/t10-,13+,14+/m1/s1. The van der Waals surface area contributed by atoms with Gasteiger partial charge in [-0.05, 0) is 31.5 Å². The van der Waals surface area contributed by atoms with Gasteiger partial charge in [-0.25, -0.2) is 0 Å². The van der Waals surface area contributed by atoms with Crippen molar-refractivity contribution in [3.05, 3.63) is 34.9 Å². The highest BCUT2D eigenvalue weighted by Gasteiger charge is 2.36. The molecule has 2 heterocycles. The maximum absolute atomic E-state index is 12.2. The first-order valence-electron chi connectivity index (χ1n) is 7.04. The van der Waals surface area contributed by atoms with Crippen LogP contribution in [0.25, 0.3) is 0 Å². The van der Waals surface area contributed by atoms with E-state index < -0.39 is 0 Å². The zero-order valence-corrected chi connectivity index (χ0v) is 12.3. The molecule has 0 aliphatic carbocycles. The van der Waals surface area contributed by atoms with E-state index in [1.165, 1.54) is 0 Å². The summed E-state index contributed by atoms with van der Waals surface area (Å²) in [5, 5.41) is 3.69. The highest BCUT2D eigenvalue weighted by Crippen LogP contribution is 2.23. The van der Waals surface area contributed by atoms with Gasteiger partial charge in [0.05, 0.1) is 12.7 Å². The Morgan fingerprint density at radius 1 is 1.45 bits per heavy atom. The first kappa shape index (κ1) is 13.9. The molecular weight excluding hydrogens is 276 g/mol. The smallest absolute Gasteiger partial charge is 0.251 e. The van der Waals surface area contributed by atoms with Crippen molar-refractivity contribution in [1.82, 2.24) is 10.2 Å². The Balaban J connectivity index is 1.60. The van der Waals surface area contributed by atoms with Crippen LogP contribution in [0.3, 0.4) is 0 Å². The fraction of sp³-hybridized carbons (Fsp3) is 0.533. The zero-order valence-electron chi connectivity index (χ0n) is 11.5. The molecule has 5 heteroatoms. The summed E-state index contributed by atoms with van der Waals surface area (Å²) in [6, 6.07) is 7.69. The van der Waals surface area contributed by atoms with Crippen LogP contribution in [0.1, 0.15) is 23.7 Å². The second-order valence-corrected chi connectivity index (χ2v) is 6.10. The van der Waals surface area contributed by atoms with Crippen LogP contribution in [-0.2, 0) is 4.74 Å². The number of carbonyl (C=O) groups is 1. The number of hydrogen-bond acceptors (Lipinski definition) is 3. The first-order chi connectivity index (χ1) is 9.61. The van der Waals surface area contributed by atoms with Crippen molar-refractivity contribution in [3.63, 3.8) is 0 Å². The number of nitrogens with one attached hydrogen (secondary N) is 1. The number of nitrogens with zero attached hydrogens (tertiary/aromatic N) is 1. The molecule has 3 rings (SSSR count). The van der Waals surface area contributed by atoms with Gasteiger partial charge in [-0.15, -0.1) is 0 Å².